The largest absolute Gasteiger partial charge is 0.380 e. The summed E-state index contributed by atoms with van der Waals surface area (Å²) in [6.45, 7) is 0.974. The van der Waals surface area contributed by atoms with Crippen LogP contribution >= 0.6 is 0 Å². The highest BCUT2D eigenvalue weighted by atomic mass is 16.5. The van der Waals surface area contributed by atoms with Crippen molar-refractivity contribution < 1.29 is 19.1 Å². The van der Waals surface area contributed by atoms with Gasteiger partial charge in [-0.2, -0.15) is 0 Å². The second kappa shape index (κ2) is 7.93. The molecule has 26 heavy (non-hydrogen) atoms. The maximum Gasteiger partial charge on any atom is 0.261 e. The smallest absolute Gasteiger partial charge is 0.261 e. The number of carbonyl (C=O) groups excluding carboxylic acids is 3. The zero-order valence-corrected chi connectivity index (χ0v) is 14.5. The number of nitrogens with one attached hydrogen (secondary N) is 1. The van der Waals surface area contributed by atoms with E-state index in [1.807, 2.05) is 24.3 Å². The van der Waals surface area contributed by atoms with E-state index in [0.717, 1.165) is 16.0 Å². The number of benzene rings is 2. The lowest BCUT2D eigenvalue weighted by Crippen LogP contribution is -2.34. The SMILES string of the molecule is COCc1cccc(CNC(=O)CCN2C(=O)c3ccccc3C2=O)c1. The topological polar surface area (TPSA) is 75.7 Å². The average molecular weight is 352 g/mol. The van der Waals surface area contributed by atoms with Gasteiger partial charge in [0.2, 0.25) is 5.91 Å². The summed E-state index contributed by atoms with van der Waals surface area (Å²) in [4.78, 5) is 37.7. The highest BCUT2D eigenvalue weighted by Crippen LogP contribution is 2.22. The summed E-state index contributed by atoms with van der Waals surface area (Å²) in [6.07, 6.45) is 0.0726. The first-order valence-electron chi connectivity index (χ1n) is 8.39. The Morgan fingerprint density at radius 3 is 2.31 bits per heavy atom. The van der Waals surface area contributed by atoms with Crippen molar-refractivity contribution in [3.63, 3.8) is 0 Å². The van der Waals surface area contributed by atoms with Crippen molar-refractivity contribution in [2.45, 2.75) is 19.6 Å². The van der Waals surface area contributed by atoms with Crippen LogP contribution in [-0.2, 0) is 22.7 Å². The molecule has 6 nitrogen and oxygen atoms in total. The van der Waals surface area contributed by atoms with Gasteiger partial charge in [0.25, 0.3) is 11.8 Å². The molecule has 0 fully saturated rings. The van der Waals surface area contributed by atoms with E-state index in [0.29, 0.717) is 24.3 Å². The molecule has 134 valence electrons. The van der Waals surface area contributed by atoms with Crippen molar-refractivity contribution in [2.24, 2.45) is 0 Å². The molecule has 0 radical (unpaired) electrons. The fourth-order valence-corrected chi connectivity index (χ4v) is 2.94. The number of nitrogens with zero attached hydrogens (tertiary/aromatic N) is 1. The van der Waals surface area contributed by atoms with Gasteiger partial charge in [0.05, 0.1) is 17.7 Å². The zero-order valence-electron chi connectivity index (χ0n) is 14.5. The molecule has 0 aromatic heterocycles. The molecule has 3 amide bonds. The number of imide groups is 1. The lowest BCUT2D eigenvalue weighted by molar-refractivity contribution is -0.121. The van der Waals surface area contributed by atoms with Gasteiger partial charge in [-0.1, -0.05) is 36.4 Å². The van der Waals surface area contributed by atoms with E-state index in [1.54, 1.807) is 31.4 Å². The summed E-state index contributed by atoms with van der Waals surface area (Å²) in [7, 11) is 1.63. The predicted octanol–water partition coefficient (Wildman–Crippen LogP) is 2.14. The van der Waals surface area contributed by atoms with Gasteiger partial charge >= 0.3 is 0 Å². The number of rotatable bonds is 7. The Balaban J connectivity index is 1.51. The Hall–Kier alpha value is -2.99. The predicted molar refractivity (Wildman–Crippen MR) is 95.4 cm³/mol. The Morgan fingerprint density at radius 2 is 1.65 bits per heavy atom. The van der Waals surface area contributed by atoms with E-state index >= 15 is 0 Å². The lowest BCUT2D eigenvalue weighted by Gasteiger charge is -2.13. The molecule has 1 aliphatic heterocycles. The molecule has 2 aromatic rings. The van der Waals surface area contributed by atoms with Crippen molar-refractivity contribution in [3.8, 4) is 0 Å². The summed E-state index contributed by atoms with van der Waals surface area (Å²) in [5.41, 5.74) is 2.79. The molecule has 1 aliphatic rings. The number of ether oxygens (including phenoxy) is 1. The number of amides is 3. The van der Waals surface area contributed by atoms with Crippen LogP contribution in [0.5, 0.6) is 0 Å². The van der Waals surface area contributed by atoms with Crippen molar-refractivity contribution in [1.29, 1.82) is 0 Å². The van der Waals surface area contributed by atoms with Gasteiger partial charge in [0.15, 0.2) is 0 Å². The third-order valence-electron chi connectivity index (χ3n) is 4.23. The van der Waals surface area contributed by atoms with Crippen LogP contribution in [0.2, 0.25) is 0 Å². The molecular weight excluding hydrogens is 332 g/mol. The van der Waals surface area contributed by atoms with Gasteiger partial charge in [-0.05, 0) is 23.3 Å². The molecule has 0 saturated heterocycles. The monoisotopic (exact) mass is 352 g/mol. The molecule has 2 aromatic carbocycles. The van der Waals surface area contributed by atoms with Crippen molar-refractivity contribution in [3.05, 3.63) is 70.8 Å². The average Bonchev–Trinajstić information content (AvgIpc) is 2.90. The Kier molecular flexibility index (Phi) is 5.43. The molecule has 1 N–H and O–H groups in total. The van der Waals surface area contributed by atoms with Crippen LogP contribution in [-0.4, -0.2) is 36.3 Å². The summed E-state index contributed by atoms with van der Waals surface area (Å²) in [5, 5.41) is 2.81. The van der Waals surface area contributed by atoms with Crippen LogP contribution < -0.4 is 5.32 Å². The van der Waals surface area contributed by atoms with Crippen molar-refractivity contribution >= 4 is 17.7 Å². The van der Waals surface area contributed by atoms with Gasteiger partial charge < -0.3 is 10.1 Å². The minimum Gasteiger partial charge on any atom is -0.380 e. The number of hydrogen-bond donors (Lipinski definition) is 1. The highest BCUT2D eigenvalue weighted by Gasteiger charge is 2.34. The maximum absolute atomic E-state index is 12.3. The summed E-state index contributed by atoms with van der Waals surface area (Å²) in [5.74, 6) is -0.893. The van der Waals surface area contributed by atoms with E-state index in [9.17, 15) is 14.4 Å². The molecule has 3 rings (SSSR count). The highest BCUT2D eigenvalue weighted by molar-refractivity contribution is 6.21. The van der Waals surface area contributed by atoms with E-state index < -0.39 is 0 Å². The molecule has 0 atom stereocenters. The van der Waals surface area contributed by atoms with E-state index in [2.05, 4.69) is 5.32 Å². The fraction of sp³-hybridized carbons (Fsp3) is 0.250. The third kappa shape index (κ3) is 3.81. The van der Waals surface area contributed by atoms with Crippen LogP contribution in [0.4, 0.5) is 0 Å². The summed E-state index contributed by atoms with van der Waals surface area (Å²) >= 11 is 0. The van der Waals surface area contributed by atoms with Crippen molar-refractivity contribution in [2.75, 3.05) is 13.7 Å². The quantitative estimate of drug-likeness (QED) is 0.775. The molecule has 0 aliphatic carbocycles. The van der Waals surface area contributed by atoms with Gasteiger partial charge in [0.1, 0.15) is 0 Å². The molecule has 0 bridgehead atoms. The third-order valence-corrected chi connectivity index (χ3v) is 4.23. The van der Waals surface area contributed by atoms with Gasteiger partial charge in [-0.25, -0.2) is 0 Å². The molecule has 0 saturated carbocycles. The molecule has 0 spiro atoms. The van der Waals surface area contributed by atoms with Gasteiger partial charge in [-0.3, -0.25) is 19.3 Å². The normalized spacial score (nSPS) is 13.0. The second-order valence-electron chi connectivity index (χ2n) is 6.09. The standard InChI is InChI=1S/C20H20N2O4/c1-26-13-15-6-4-5-14(11-15)12-21-18(23)9-10-22-19(24)16-7-2-3-8-17(16)20(22)25/h2-8,11H,9-10,12-13H2,1H3,(H,21,23). The minimum atomic E-state index is -0.342. The molecule has 1 heterocycles. The van der Waals surface area contributed by atoms with Crippen molar-refractivity contribution in [1.82, 2.24) is 10.2 Å². The van der Waals surface area contributed by atoms with Gasteiger partial charge in [-0.15, -0.1) is 0 Å². The molecule has 0 unspecified atom stereocenters. The number of fused-ring (bicyclic) bond motifs is 1. The summed E-state index contributed by atoms with van der Waals surface area (Å²) < 4.78 is 5.09. The number of hydrogen-bond acceptors (Lipinski definition) is 4. The summed E-state index contributed by atoms with van der Waals surface area (Å²) in [6, 6.07) is 14.4. The minimum absolute atomic E-state index is 0.0713. The van der Waals surface area contributed by atoms with E-state index in [4.69, 9.17) is 4.74 Å². The number of carbonyl (C=O) groups is 3. The Bertz CT molecular complexity index is 812. The first-order chi connectivity index (χ1) is 12.6. The Morgan fingerprint density at radius 1 is 1.00 bits per heavy atom. The zero-order chi connectivity index (χ0) is 18.5. The van der Waals surface area contributed by atoms with Crippen LogP contribution in [0.3, 0.4) is 0 Å². The first-order valence-corrected chi connectivity index (χ1v) is 8.39. The van der Waals surface area contributed by atoms with Crippen LogP contribution in [0.1, 0.15) is 38.3 Å². The lowest BCUT2D eigenvalue weighted by atomic mass is 10.1. The molecular formula is C20H20N2O4. The van der Waals surface area contributed by atoms with Gasteiger partial charge in [0, 0.05) is 26.6 Å². The fourth-order valence-electron chi connectivity index (χ4n) is 2.94. The first kappa shape index (κ1) is 17.8. The number of methoxy groups -OCH3 is 1. The molecule has 6 heteroatoms. The second-order valence-corrected chi connectivity index (χ2v) is 6.09. The maximum atomic E-state index is 12.3. The Labute approximate surface area is 151 Å². The van der Waals surface area contributed by atoms with E-state index in [-0.39, 0.29) is 30.7 Å². The van der Waals surface area contributed by atoms with Crippen LogP contribution in [0.25, 0.3) is 0 Å². The van der Waals surface area contributed by atoms with Crippen LogP contribution in [0.15, 0.2) is 48.5 Å². The van der Waals surface area contributed by atoms with E-state index in [1.165, 1.54) is 0 Å². The van der Waals surface area contributed by atoms with Crippen LogP contribution in [0, 0.1) is 0 Å².